The van der Waals surface area contributed by atoms with Crippen molar-refractivity contribution in [1.82, 2.24) is 4.90 Å². The first-order valence-corrected chi connectivity index (χ1v) is 5.96. The Morgan fingerprint density at radius 1 is 1.67 bits per heavy atom. The van der Waals surface area contributed by atoms with E-state index in [1.54, 1.807) is 4.90 Å². The summed E-state index contributed by atoms with van der Waals surface area (Å²) >= 11 is 5.85. The van der Waals surface area contributed by atoms with E-state index in [0.717, 1.165) is 12.8 Å². The molecule has 0 saturated carbocycles. The molecule has 0 bridgehead atoms. The molecular formula is C11H20ClNO2. The van der Waals surface area contributed by atoms with Gasteiger partial charge >= 0.3 is 0 Å². The van der Waals surface area contributed by atoms with Gasteiger partial charge in [-0.15, -0.1) is 11.6 Å². The van der Waals surface area contributed by atoms with Crippen LogP contribution in [0.15, 0.2) is 0 Å². The molecule has 0 aromatic carbocycles. The lowest BCUT2D eigenvalue weighted by Crippen LogP contribution is -2.39. The van der Waals surface area contributed by atoms with Crippen molar-refractivity contribution in [3.63, 3.8) is 0 Å². The second-order valence-electron chi connectivity index (χ2n) is 4.39. The van der Waals surface area contributed by atoms with Crippen LogP contribution in [0, 0.1) is 5.92 Å². The van der Waals surface area contributed by atoms with Gasteiger partial charge in [0.25, 0.3) is 5.91 Å². The Hall–Kier alpha value is -0.280. The van der Waals surface area contributed by atoms with Crippen LogP contribution in [0.4, 0.5) is 0 Å². The van der Waals surface area contributed by atoms with Crippen molar-refractivity contribution in [3.8, 4) is 0 Å². The third-order valence-electron chi connectivity index (χ3n) is 2.87. The lowest BCUT2D eigenvalue weighted by Gasteiger charge is -2.23. The first kappa shape index (κ1) is 12.8. The van der Waals surface area contributed by atoms with Crippen molar-refractivity contribution in [1.29, 1.82) is 0 Å². The fourth-order valence-electron chi connectivity index (χ4n) is 1.71. The van der Waals surface area contributed by atoms with Crippen LogP contribution in [-0.2, 0) is 9.53 Å². The zero-order valence-electron chi connectivity index (χ0n) is 9.70. The highest BCUT2D eigenvalue weighted by molar-refractivity contribution is 6.20. The third kappa shape index (κ3) is 3.65. The predicted molar refractivity (Wildman–Crippen MR) is 61.1 cm³/mol. The van der Waals surface area contributed by atoms with Gasteiger partial charge in [-0.05, 0) is 25.7 Å². The highest BCUT2D eigenvalue weighted by Crippen LogP contribution is 2.21. The fourth-order valence-corrected chi connectivity index (χ4v) is 1.81. The minimum absolute atomic E-state index is 0.0947. The Labute approximate surface area is 96.7 Å². The molecule has 15 heavy (non-hydrogen) atoms. The highest BCUT2D eigenvalue weighted by Gasteiger charge is 2.32. The maximum atomic E-state index is 11.9. The molecule has 0 spiro atoms. The van der Waals surface area contributed by atoms with Crippen LogP contribution in [-0.4, -0.2) is 42.5 Å². The van der Waals surface area contributed by atoms with Crippen LogP contribution in [0.3, 0.4) is 0 Å². The zero-order chi connectivity index (χ0) is 11.4. The molecule has 1 amide bonds. The molecule has 1 saturated heterocycles. The molecule has 3 atom stereocenters. The average Bonchev–Trinajstić information content (AvgIpc) is 2.59. The molecule has 88 valence electrons. The van der Waals surface area contributed by atoms with Crippen LogP contribution >= 0.6 is 11.6 Å². The summed E-state index contributed by atoms with van der Waals surface area (Å²) in [5, 5.41) is 0.113. The van der Waals surface area contributed by atoms with Gasteiger partial charge in [0.15, 0.2) is 0 Å². The van der Waals surface area contributed by atoms with E-state index in [9.17, 15) is 4.79 Å². The number of likely N-dealkylation sites (N-methyl/N-ethyl adjacent to an activating group) is 1. The summed E-state index contributed by atoms with van der Waals surface area (Å²) in [5.41, 5.74) is 0. The third-order valence-corrected chi connectivity index (χ3v) is 3.09. The van der Waals surface area contributed by atoms with E-state index < -0.39 is 0 Å². The molecule has 1 heterocycles. The number of hydrogen-bond acceptors (Lipinski definition) is 2. The maximum absolute atomic E-state index is 11.9. The van der Waals surface area contributed by atoms with Gasteiger partial charge in [0.1, 0.15) is 6.10 Å². The largest absolute Gasteiger partial charge is 0.368 e. The molecule has 3 unspecified atom stereocenters. The van der Waals surface area contributed by atoms with Gasteiger partial charge in [0, 0.05) is 25.6 Å². The molecular weight excluding hydrogens is 214 g/mol. The molecule has 1 aliphatic rings. The van der Waals surface area contributed by atoms with Crippen molar-refractivity contribution in [2.75, 3.05) is 20.2 Å². The van der Waals surface area contributed by atoms with E-state index in [4.69, 9.17) is 16.3 Å². The predicted octanol–water partition coefficient (Wildman–Crippen LogP) is 1.89. The number of amides is 1. The summed E-state index contributed by atoms with van der Waals surface area (Å²) in [6, 6.07) is 0. The smallest absolute Gasteiger partial charge is 0.251 e. The van der Waals surface area contributed by atoms with Crippen LogP contribution in [0.25, 0.3) is 0 Å². The van der Waals surface area contributed by atoms with Crippen LogP contribution in [0.5, 0.6) is 0 Å². The van der Waals surface area contributed by atoms with Gasteiger partial charge in [-0.1, -0.05) is 6.92 Å². The molecule has 0 N–H and O–H groups in total. The molecule has 0 aromatic heterocycles. The van der Waals surface area contributed by atoms with Crippen molar-refractivity contribution in [2.24, 2.45) is 5.92 Å². The van der Waals surface area contributed by atoms with Gasteiger partial charge in [0.05, 0.1) is 0 Å². The standard InChI is InChI=1S/C11H20ClNO2/c1-8-5-7-15-10(8)11(14)13(3)6-4-9(2)12/h8-10H,4-7H2,1-3H3. The molecule has 1 aliphatic heterocycles. The fraction of sp³-hybridized carbons (Fsp3) is 0.909. The minimum Gasteiger partial charge on any atom is -0.368 e. The number of hydrogen-bond donors (Lipinski definition) is 0. The molecule has 0 aliphatic carbocycles. The molecule has 0 radical (unpaired) electrons. The second kappa shape index (κ2) is 5.71. The summed E-state index contributed by atoms with van der Waals surface area (Å²) in [6.45, 7) is 5.41. The van der Waals surface area contributed by atoms with Gasteiger partial charge in [-0.3, -0.25) is 4.79 Å². The summed E-state index contributed by atoms with van der Waals surface area (Å²) in [7, 11) is 1.82. The van der Waals surface area contributed by atoms with E-state index in [1.165, 1.54) is 0 Å². The maximum Gasteiger partial charge on any atom is 0.251 e. The second-order valence-corrected chi connectivity index (χ2v) is 5.13. The van der Waals surface area contributed by atoms with Gasteiger partial charge in [-0.25, -0.2) is 0 Å². The summed E-state index contributed by atoms with van der Waals surface area (Å²) in [4.78, 5) is 13.7. The normalized spacial score (nSPS) is 27.7. The van der Waals surface area contributed by atoms with Gasteiger partial charge in [-0.2, -0.15) is 0 Å². The Kier molecular flexibility index (Phi) is 4.87. The number of halogens is 1. The number of carbonyl (C=O) groups is 1. The Morgan fingerprint density at radius 2 is 2.33 bits per heavy atom. The Morgan fingerprint density at radius 3 is 2.80 bits per heavy atom. The van der Waals surface area contributed by atoms with E-state index in [-0.39, 0.29) is 17.4 Å². The monoisotopic (exact) mass is 233 g/mol. The lowest BCUT2D eigenvalue weighted by atomic mass is 10.0. The van der Waals surface area contributed by atoms with Crippen LogP contribution in [0.2, 0.25) is 0 Å². The molecule has 4 heteroatoms. The zero-order valence-corrected chi connectivity index (χ0v) is 10.5. The van der Waals surface area contributed by atoms with Gasteiger partial charge in [0.2, 0.25) is 0 Å². The quantitative estimate of drug-likeness (QED) is 0.694. The average molecular weight is 234 g/mol. The highest BCUT2D eigenvalue weighted by atomic mass is 35.5. The lowest BCUT2D eigenvalue weighted by molar-refractivity contribution is -0.141. The molecule has 1 rings (SSSR count). The summed E-state index contributed by atoms with van der Waals surface area (Å²) in [6.07, 6.45) is 1.57. The molecule has 0 aromatic rings. The minimum atomic E-state index is -0.236. The van der Waals surface area contributed by atoms with Crippen LogP contribution in [0.1, 0.15) is 26.7 Å². The first-order chi connectivity index (χ1) is 7.02. The summed E-state index contributed by atoms with van der Waals surface area (Å²) in [5.74, 6) is 0.436. The Balaban J connectivity index is 2.38. The van der Waals surface area contributed by atoms with E-state index in [0.29, 0.717) is 19.1 Å². The van der Waals surface area contributed by atoms with Gasteiger partial charge < -0.3 is 9.64 Å². The van der Waals surface area contributed by atoms with Crippen molar-refractivity contribution in [3.05, 3.63) is 0 Å². The topological polar surface area (TPSA) is 29.5 Å². The first-order valence-electron chi connectivity index (χ1n) is 5.53. The van der Waals surface area contributed by atoms with E-state index in [2.05, 4.69) is 6.92 Å². The number of nitrogens with zero attached hydrogens (tertiary/aromatic N) is 1. The molecule has 3 nitrogen and oxygen atoms in total. The molecule has 1 fully saturated rings. The number of alkyl halides is 1. The number of rotatable bonds is 4. The van der Waals surface area contributed by atoms with Crippen molar-refractivity contribution < 1.29 is 9.53 Å². The van der Waals surface area contributed by atoms with Crippen LogP contribution < -0.4 is 0 Å². The number of carbonyl (C=O) groups excluding carboxylic acids is 1. The number of ether oxygens (including phenoxy) is 1. The van der Waals surface area contributed by atoms with Crippen molar-refractivity contribution >= 4 is 17.5 Å². The SMILES string of the molecule is CC(Cl)CCN(C)C(=O)C1OCCC1C. The van der Waals surface area contributed by atoms with E-state index in [1.807, 2.05) is 14.0 Å². The van der Waals surface area contributed by atoms with Crippen molar-refractivity contribution in [2.45, 2.75) is 38.2 Å². The summed E-state index contributed by atoms with van der Waals surface area (Å²) < 4.78 is 5.43. The van der Waals surface area contributed by atoms with E-state index >= 15 is 0 Å². The Bertz CT molecular complexity index is 221.